The van der Waals surface area contributed by atoms with E-state index in [-0.39, 0.29) is 0 Å². The highest BCUT2D eigenvalue weighted by Gasteiger charge is 1.89. The van der Waals surface area contributed by atoms with E-state index in [9.17, 15) is 0 Å². The molecule has 0 aromatic heterocycles. The van der Waals surface area contributed by atoms with Crippen LogP contribution in [0.3, 0.4) is 0 Å². The molecule has 1 rings (SSSR count). The molecule has 3 nitrogen and oxygen atoms in total. The van der Waals surface area contributed by atoms with E-state index in [0.717, 1.165) is 5.75 Å². The molecule has 0 atom stereocenters. The number of ether oxygens (including phenoxy) is 1. The van der Waals surface area contributed by atoms with Crippen molar-refractivity contribution in [2.24, 2.45) is 5.16 Å². The highest BCUT2D eigenvalue weighted by Crippen LogP contribution is 2.07. The Morgan fingerprint density at radius 3 is 2.36 bits per heavy atom. The third-order valence-corrected chi connectivity index (χ3v) is 1.28. The molecule has 0 unspecified atom stereocenters. The van der Waals surface area contributed by atoms with Gasteiger partial charge < -0.3 is 9.57 Å². The van der Waals surface area contributed by atoms with Crippen LogP contribution in [0.15, 0.2) is 35.5 Å². The molecule has 1 aromatic carbocycles. The highest BCUT2D eigenvalue weighted by atomic mass is 16.6. The van der Waals surface area contributed by atoms with Crippen molar-refractivity contribution >= 4 is 6.72 Å². The van der Waals surface area contributed by atoms with E-state index < -0.39 is 0 Å². The molecule has 14 heavy (non-hydrogen) atoms. The molecule has 0 N–H and O–H groups in total. The van der Waals surface area contributed by atoms with E-state index in [4.69, 9.17) is 4.74 Å². The van der Waals surface area contributed by atoms with E-state index in [1.54, 1.807) is 0 Å². The summed E-state index contributed by atoms with van der Waals surface area (Å²) in [6.07, 6.45) is 0. The van der Waals surface area contributed by atoms with Gasteiger partial charge in [0.2, 0.25) is 0 Å². The predicted octanol–water partition coefficient (Wildman–Crippen LogP) is 2.72. The van der Waals surface area contributed by atoms with E-state index in [0.29, 0.717) is 13.2 Å². The Kier molecular flexibility index (Phi) is 8.54. The van der Waals surface area contributed by atoms with Crippen LogP contribution in [0, 0.1) is 0 Å². The quantitative estimate of drug-likeness (QED) is 0.411. The molecule has 0 fully saturated rings. The van der Waals surface area contributed by atoms with Crippen LogP contribution in [-0.2, 0) is 4.84 Å². The number of benzene rings is 1. The molecule has 78 valence electrons. The molecule has 0 radical (unpaired) electrons. The van der Waals surface area contributed by atoms with Gasteiger partial charge in [0.15, 0.2) is 6.61 Å². The lowest BCUT2D eigenvalue weighted by Gasteiger charge is -2.03. The van der Waals surface area contributed by atoms with Crippen LogP contribution < -0.4 is 4.74 Å². The summed E-state index contributed by atoms with van der Waals surface area (Å²) in [5.74, 6) is 0.838. The van der Waals surface area contributed by atoms with Crippen LogP contribution in [0.5, 0.6) is 5.75 Å². The number of para-hydroxylation sites is 1. The van der Waals surface area contributed by atoms with Crippen molar-refractivity contribution in [3.05, 3.63) is 30.3 Å². The standard InChI is InChI=1S/C9H11NO2.C2H6/c1-10-12-8-7-11-9-5-3-2-4-6-9;1-2/h2-6H,1,7-8H2;1-2H3. The van der Waals surface area contributed by atoms with Gasteiger partial charge in [-0.05, 0) is 12.1 Å². The Balaban J connectivity index is 0.000000791. The van der Waals surface area contributed by atoms with E-state index in [1.165, 1.54) is 0 Å². The highest BCUT2D eigenvalue weighted by molar-refractivity contribution is 5.21. The van der Waals surface area contributed by atoms with Crippen LogP contribution in [-0.4, -0.2) is 19.9 Å². The van der Waals surface area contributed by atoms with Crippen molar-refractivity contribution in [2.75, 3.05) is 13.2 Å². The van der Waals surface area contributed by atoms with Gasteiger partial charge in [-0.3, -0.25) is 0 Å². The number of oxime groups is 1. The van der Waals surface area contributed by atoms with Gasteiger partial charge in [0.25, 0.3) is 0 Å². The van der Waals surface area contributed by atoms with E-state index in [1.807, 2.05) is 44.2 Å². The second kappa shape index (κ2) is 9.58. The summed E-state index contributed by atoms with van der Waals surface area (Å²) in [5.41, 5.74) is 0. The second-order valence-corrected chi connectivity index (χ2v) is 2.12. The first-order valence-corrected chi connectivity index (χ1v) is 4.69. The zero-order valence-corrected chi connectivity index (χ0v) is 8.77. The molecule has 0 aliphatic rings. The van der Waals surface area contributed by atoms with Crippen molar-refractivity contribution in [3.8, 4) is 5.75 Å². The Morgan fingerprint density at radius 1 is 1.14 bits per heavy atom. The first kappa shape index (κ1) is 12.5. The third kappa shape index (κ3) is 6.06. The molecule has 0 amide bonds. The molecule has 0 saturated heterocycles. The summed E-state index contributed by atoms with van der Waals surface area (Å²) < 4.78 is 5.30. The van der Waals surface area contributed by atoms with Crippen molar-refractivity contribution in [1.82, 2.24) is 0 Å². The number of hydrogen-bond acceptors (Lipinski definition) is 3. The summed E-state index contributed by atoms with van der Waals surface area (Å²) in [6, 6.07) is 9.56. The maximum atomic E-state index is 5.30. The maximum Gasteiger partial charge on any atom is 0.151 e. The van der Waals surface area contributed by atoms with Crippen LogP contribution in [0.1, 0.15) is 13.8 Å². The molecule has 1 aromatic rings. The minimum Gasteiger partial charge on any atom is -0.490 e. The number of nitrogens with zero attached hydrogens (tertiary/aromatic N) is 1. The Hall–Kier alpha value is -1.51. The maximum absolute atomic E-state index is 5.30. The van der Waals surface area contributed by atoms with Gasteiger partial charge in [0.05, 0.1) is 0 Å². The molecule has 0 spiro atoms. The minimum absolute atomic E-state index is 0.429. The van der Waals surface area contributed by atoms with E-state index in [2.05, 4.69) is 16.7 Å². The van der Waals surface area contributed by atoms with Gasteiger partial charge in [0, 0.05) is 6.72 Å². The molecular weight excluding hydrogens is 178 g/mol. The van der Waals surface area contributed by atoms with Gasteiger partial charge in [-0.25, -0.2) is 0 Å². The molecule has 0 aliphatic carbocycles. The van der Waals surface area contributed by atoms with Gasteiger partial charge in [-0.1, -0.05) is 32.0 Å². The smallest absolute Gasteiger partial charge is 0.151 e. The van der Waals surface area contributed by atoms with Crippen LogP contribution in [0.2, 0.25) is 0 Å². The average molecular weight is 195 g/mol. The lowest BCUT2D eigenvalue weighted by molar-refractivity contribution is 0.109. The topological polar surface area (TPSA) is 30.8 Å². The van der Waals surface area contributed by atoms with Crippen LogP contribution in [0.25, 0.3) is 0 Å². The fourth-order valence-corrected chi connectivity index (χ4v) is 0.778. The Labute approximate surface area is 85.3 Å². The Bertz CT molecular complexity index is 224. The molecule has 0 saturated carbocycles. The molecular formula is C11H17NO2. The van der Waals surface area contributed by atoms with Crippen molar-refractivity contribution in [1.29, 1.82) is 0 Å². The fourth-order valence-electron chi connectivity index (χ4n) is 0.778. The largest absolute Gasteiger partial charge is 0.490 e. The summed E-state index contributed by atoms with van der Waals surface area (Å²) in [5, 5.41) is 3.24. The van der Waals surface area contributed by atoms with Gasteiger partial charge in [-0.15, -0.1) is 5.16 Å². The molecule has 0 heterocycles. The second-order valence-electron chi connectivity index (χ2n) is 2.12. The lowest BCUT2D eigenvalue weighted by Crippen LogP contribution is -2.03. The summed E-state index contributed by atoms with van der Waals surface area (Å²) in [4.78, 5) is 4.64. The predicted molar refractivity (Wildman–Crippen MR) is 58.8 cm³/mol. The number of hydrogen-bond donors (Lipinski definition) is 0. The van der Waals surface area contributed by atoms with Crippen molar-refractivity contribution in [3.63, 3.8) is 0 Å². The van der Waals surface area contributed by atoms with E-state index >= 15 is 0 Å². The summed E-state index contributed by atoms with van der Waals surface area (Å²) >= 11 is 0. The normalized spacial score (nSPS) is 8.14. The van der Waals surface area contributed by atoms with Crippen molar-refractivity contribution in [2.45, 2.75) is 13.8 Å². The molecule has 3 heteroatoms. The molecule has 0 bridgehead atoms. The lowest BCUT2D eigenvalue weighted by atomic mass is 10.3. The minimum atomic E-state index is 0.429. The monoisotopic (exact) mass is 195 g/mol. The summed E-state index contributed by atoms with van der Waals surface area (Å²) in [7, 11) is 0. The fraction of sp³-hybridized carbons (Fsp3) is 0.364. The van der Waals surface area contributed by atoms with Gasteiger partial charge in [-0.2, -0.15) is 0 Å². The summed E-state index contributed by atoms with van der Waals surface area (Å²) in [6.45, 7) is 8.10. The van der Waals surface area contributed by atoms with Gasteiger partial charge in [0.1, 0.15) is 12.4 Å². The van der Waals surface area contributed by atoms with Gasteiger partial charge >= 0.3 is 0 Å². The zero-order chi connectivity index (χ0) is 10.6. The van der Waals surface area contributed by atoms with Crippen LogP contribution in [0.4, 0.5) is 0 Å². The third-order valence-electron chi connectivity index (χ3n) is 1.28. The Morgan fingerprint density at radius 2 is 1.79 bits per heavy atom. The number of rotatable bonds is 5. The first-order chi connectivity index (χ1) is 6.93. The van der Waals surface area contributed by atoms with Crippen molar-refractivity contribution < 1.29 is 9.57 Å². The first-order valence-electron chi connectivity index (χ1n) is 4.69. The SMILES string of the molecule is C=NOCCOc1ccccc1.CC. The zero-order valence-electron chi connectivity index (χ0n) is 8.77. The average Bonchev–Trinajstić information content (AvgIpc) is 2.29. The van der Waals surface area contributed by atoms with Crippen LogP contribution >= 0.6 is 0 Å². The molecule has 0 aliphatic heterocycles.